The van der Waals surface area contributed by atoms with Crippen LogP contribution in [0.3, 0.4) is 0 Å². The van der Waals surface area contributed by atoms with Crippen LogP contribution in [0, 0.1) is 0 Å². The first-order valence-corrected chi connectivity index (χ1v) is 9.40. The van der Waals surface area contributed by atoms with Gasteiger partial charge >= 0.3 is 0 Å². The average Bonchev–Trinajstić information content (AvgIpc) is 2.69. The number of hydrogen-bond donors (Lipinski definition) is 0. The zero-order valence-electron chi connectivity index (χ0n) is 15.8. The second kappa shape index (κ2) is 9.22. The van der Waals surface area contributed by atoms with Crippen LogP contribution >= 0.6 is 11.6 Å². The number of rotatable bonds is 6. The van der Waals surface area contributed by atoms with Gasteiger partial charge in [-0.1, -0.05) is 23.7 Å². The zero-order valence-corrected chi connectivity index (χ0v) is 16.5. The molecule has 0 aliphatic carbocycles. The molecule has 0 unspecified atom stereocenters. The SMILES string of the molecule is COCc1cccc(C(=O)N2CCN(Cc3cc(Cl)ccc3OC)CC2)c1. The molecule has 1 amide bonds. The molecule has 0 atom stereocenters. The molecule has 0 bridgehead atoms. The Hall–Kier alpha value is -2.08. The van der Waals surface area contributed by atoms with Gasteiger partial charge in [-0.3, -0.25) is 9.69 Å². The number of amides is 1. The molecule has 1 fully saturated rings. The third-order valence-electron chi connectivity index (χ3n) is 4.78. The predicted octanol–water partition coefficient (Wildman–Crippen LogP) is 3.45. The molecule has 0 spiro atoms. The van der Waals surface area contributed by atoms with Crippen molar-refractivity contribution in [1.29, 1.82) is 0 Å². The highest BCUT2D eigenvalue weighted by molar-refractivity contribution is 6.30. The summed E-state index contributed by atoms with van der Waals surface area (Å²) in [4.78, 5) is 17.0. The Labute approximate surface area is 165 Å². The number of nitrogens with zero attached hydrogens (tertiary/aromatic N) is 2. The highest BCUT2D eigenvalue weighted by Gasteiger charge is 2.23. The molecule has 2 aromatic rings. The van der Waals surface area contributed by atoms with E-state index >= 15 is 0 Å². The van der Waals surface area contributed by atoms with Gasteiger partial charge in [0.1, 0.15) is 5.75 Å². The summed E-state index contributed by atoms with van der Waals surface area (Å²) in [7, 11) is 3.32. The third-order valence-corrected chi connectivity index (χ3v) is 5.02. The molecule has 6 heteroatoms. The Morgan fingerprint density at radius 3 is 2.56 bits per heavy atom. The molecule has 0 aromatic heterocycles. The van der Waals surface area contributed by atoms with Gasteiger partial charge in [0.05, 0.1) is 13.7 Å². The summed E-state index contributed by atoms with van der Waals surface area (Å²) in [6.07, 6.45) is 0. The molecule has 0 saturated carbocycles. The molecule has 27 heavy (non-hydrogen) atoms. The van der Waals surface area contributed by atoms with Gasteiger partial charge in [0.15, 0.2) is 0 Å². The third kappa shape index (κ3) is 5.01. The van der Waals surface area contributed by atoms with E-state index in [1.807, 2.05) is 47.4 Å². The Morgan fingerprint density at radius 1 is 1.07 bits per heavy atom. The van der Waals surface area contributed by atoms with E-state index in [-0.39, 0.29) is 5.91 Å². The molecule has 2 aromatic carbocycles. The molecule has 1 heterocycles. The van der Waals surface area contributed by atoms with E-state index in [2.05, 4.69) is 4.90 Å². The van der Waals surface area contributed by atoms with Crippen LogP contribution < -0.4 is 4.74 Å². The van der Waals surface area contributed by atoms with Gasteiger partial charge in [-0.2, -0.15) is 0 Å². The maximum atomic E-state index is 12.8. The second-order valence-electron chi connectivity index (χ2n) is 6.66. The second-order valence-corrected chi connectivity index (χ2v) is 7.09. The summed E-state index contributed by atoms with van der Waals surface area (Å²) >= 11 is 6.12. The van der Waals surface area contributed by atoms with Crippen molar-refractivity contribution in [3.05, 3.63) is 64.2 Å². The Bertz CT molecular complexity index is 789. The summed E-state index contributed by atoms with van der Waals surface area (Å²) in [5.41, 5.74) is 2.79. The van der Waals surface area contributed by atoms with E-state index < -0.39 is 0 Å². The average molecular weight is 389 g/mol. The van der Waals surface area contributed by atoms with Crippen LogP contribution in [0.1, 0.15) is 21.5 Å². The highest BCUT2D eigenvalue weighted by Crippen LogP contribution is 2.24. The summed E-state index contributed by atoms with van der Waals surface area (Å²) in [5.74, 6) is 0.917. The number of benzene rings is 2. The van der Waals surface area contributed by atoms with E-state index in [4.69, 9.17) is 21.1 Å². The van der Waals surface area contributed by atoms with Gasteiger partial charge in [-0.25, -0.2) is 0 Å². The van der Waals surface area contributed by atoms with Crippen LogP contribution in [0.25, 0.3) is 0 Å². The monoisotopic (exact) mass is 388 g/mol. The lowest BCUT2D eigenvalue weighted by molar-refractivity contribution is 0.0627. The summed E-state index contributed by atoms with van der Waals surface area (Å²) in [6, 6.07) is 13.3. The first kappa shape index (κ1) is 19.7. The highest BCUT2D eigenvalue weighted by atomic mass is 35.5. The number of piperazine rings is 1. The topological polar surface area (TPSA) is 42.0 Å². The summed E-state index contributed by atoms with van der Waals surface area (Å²) < 4.78 is 10.6. The fourth-order valence-corrected chi connectivity index (χ4v) is 3.56. The van der Waals surface area contributed by atoms with Gasteiger partial charge in [-0.15, -0.1) is 0 Å². The van der Waals surface area contributed by atoms with Crippen LogP contribution in [0.4, 0.5) is 0 Å². The zero-order chi connectivity index (χ0) is 19.2. The Morgan fingerprint density at radius 2 is 1.85 bits per heavy atom. The maximum Gasteiger partial charge on any atom is 0.253 e. The van der Waals surface area contributed by atoms with Crippen LogP contribution in [0.2, 0.25) is 5.02 Å². The van der Waals surface area contributed by atoms with Crippen LogP contribution in [0.15, 0.2) is 42.5 Å². The van der Waals surface area contributed by atoms with Crippen molar-refractivity contribution in [3.63, 3.8) is 0 Å². The normalized spacial score (nSPS) is 15.0. The van der Waals surface area contributed by atoms with E-state index in [0.29, 0.717) is 24.7 Å². The number of hydrogen-bond acceptors (Lipinski definition) is 4. The smallest absolute Gasteiger partial charge is 0.253 e. The standard InChI is InChI=1S/C21H25ClN2O3/c1-26-15-16-4-3-5-17(12-16)21(25)24-10-8-23(9-11-24)14-18-13-19(22)6-7-20(18)27-2/h3-7,12-13H,8-11,14-15H2,1-2H3. The molecular weight excluding hydrogens is 364 g/mol. The number of carbonyl (C=O) groups is 1. The lowest BCUT2D eigenvalue weighted by Gasteiger charge is -2.35. The van der Waals surface area contributed by atoms with Gasteiger partial charge in [0.2, 0.25) is 0 Å². The number of ether oxygens (including phenoxy) is 2. The number of halogens is 1. The molecule has 1 aliphatic rings. The lowest BCUT2D eigenvalue weighted by atomic mass is 10.1. The molecule has 144 valence electrons. The van der Waals surface area contributed by atoms with Crippen LogP contribution in [-0.4, -0.2) is 56.1 Å². The van der Waals surface area contributed by atoms with Crippen molar-refractivity contribution in [2.24, 2.45) is 0 Å². The quantitative estimate of drug-likeness (QED) is 0.760. The molecule has 0 N–H and O–H groups in total. The van der Waals surface area contributed by atoms with E-state index in [1.165, 1.54) is 0 Å². The maximum absolute atomic E-state index is 12.8. The Balaban J connectivity index is 1.59. The van der Waals surface area contributed by atoms with E-state index in [1.54, 1.807) is 14.2 Å². The fraction of sp³-hybridized carbons (Fsp3) is 0.381. The fourth-order valence-electron chi connectivity index (χ4n) is 3.36. The van der Waals surface area contributed by atoms with Crippen molar-refractivity contribution in [2.45, 2.75) is 13.2 Å². The summed E-state index contributed by atoms with van der Waals surface area (Å²) in [5, 5.41) is 0.704. The molecule has 0 radical (unpaired) electrons. The minimum Gasteiger partial charge on any atom is -0.496 e. The van der Waals surface area contributed by atoms with Crippen molar-refractivity contribution in [3.8, 4) is 5.75 Å². The molecular formula is C21H25ClN2O3. The van der Waals surface area contributed by atoms with Crippen LogP contribution in [-0.2, 0) is 17.9 Å². The first-order chi connectivity index (χ1) is 13.1. The van der Waals surface area contributed by atoms with Crippen molar-refractivity contribution >= 4 is 17.5 Å². The lowest BCUT2D eigenvalue weighted by Crippen LogP contribution is -2.48. The minimum atomic E-state index is 0.0768. The minimum absolute atomic E-state index is 0.0768. The van der Waals surface area contributed by atoms with Crippen LogP contribution in [0.5, 0.6) is 5.75 Å². The van der Waals surface area contributed by atoms with Crippen molar-refractivity contribution in [1.82, 2.24) is 9.80 Å². The number of carbonyl (C=O) groups excluding carboxylic acids is 1. The largest absolute Gasteiger partial charge is 0.496 e. The van der Waals surface area contributed by atoms with Gasteiger partial charge in [-0.05, 0) is 35.9 Å². The first-order valence-electron chi connectivity index (χ1n) is 9.02. The number of methoxy groups -OCH3 is 2. The van der Waals surface area contributed by atoms with Gasteiger partial charge < -0.3 is 14.4 Å². The van der Waals surface area contributed by atoms with Gasteiger partial charge in [0.25, 0.3) is 5.91 Å². The van der Waals surface area contributed by atoms with Crippen molar-refractivity contribution < 1.29 is 14.3 Å². The van der Waals surface area contributed by atoms with Gasteiger partial charge in [0, 0.05) is 56.0 Å². The molecule has 1 aliphatic heterocycles. The van der Waals surface area contributed by atoms with E-state index in [0.717, 1.165) is 42.1 Å². The van der Waals surface area contributed by atoms with E-state index in [9.17, 15) is 4.79 Å². The predicted molar refractivity (Wildman–Crippen MR) is 106 cm³/mol. The molecule has 3 rings (SSSR count). The van der Waals surface area contributed by atoms with Crippen molar-refractivity contribution in [2.75, 3.05) is 40.4 Å². The molecule has 5 nitrogen and oxygen atoms in total. The Kier molecular flexibility index (Phi) is 6.72. The molecule has 1 saturated heterocycles. The summed E-state index contributed by atoms with van der Waals surface area (Å²) in [6.45, 7) is 4.32.